The molecule has 2 N–H and O–H groups in total. The molecule has 0 saturated carbocycles. The van der Waals surface area contributed by atoms with Gasteiger partial charge < -0.3 is 15.5 Å². The first-order valence-corrected chi connectivity index (χ1v) is 6.89. The highest BCUT2D eigenvalue weighted by Crippen LogP contribution is 2.17. The Morgan fingerprint density at radius 1 is 1.32 bits per heavy atom. The van der Waals surface area contributed by atoms with Crippen LogP contribution in [0.25, 0.3) is 0 Å². The molecule has 1 aromatic carbocycles. The van der Waals surface area contributed by atoms with Crippen molar-refractivity contribution in [2.75, 3.05) is 38.5 Å². The number of amides is 1. The fraction of sp³-hybridized carbons (Fsp3) is 0.533. The summed E-state index contributed by atoms with van der Waals surface area (Å²) in [5, 5.41) is 6.19. The number of anilines is 1. The molecule has 4 nitrogen and oxygen atoms in total. The average Bonchev–Trinajstić information content (AvgIpc) is 2.40. The van der Waals surface area contributed by atoms with Crippen LogP contribution in [0.5, 0.6) is 0 Å². The lowest BCUT2D eigenvalue weighted by molar-refractivity contribution is 0.0951. The smallest absolute Gasteiger partial charge is 0.253 e. The Labute approximate surface area is 116 Å². The Bertz CT molecular complexity index is 418. The van der Waals surface area contributed by atoms with E-state index in [1.165, 1.54) is 0 Å². The van der Waals surface area contributed by atoms with Crippen molar-refractivity contribution in [3.05, 3.63) is 29.3 Å². The summed E-state index contributed by atoms with van der Waals surface area (Å²) in [6.45, 7) is 9.46. The minimum Gasteiger partial charge on any atom is -0.385 e. The first kappa shape index (κ1) is 15.5. The first-order valence-electron chi connectivity index (χ1n) is 6.89. The maximum absolute atomic E-state index is 12.2. The van der Waals surface area contributed by atoms with Crippen molar-refractivity contribution in [3.63, 3.8) is 0 Å². The highest BCUT2D eigenvalue weighted by molar-refractivity contribution is 5.99. The number of hydrogen-bond donors (Lipinski definition) is 2. The summed E-state index contributed by atoms with van der Waals surface area (Å²) in [5.74, 6) is -0.0100. The molecule has 0 fully saturated rings. The zero-order valence-electron chi connectivity index (χ0n) is 12.4. The molecular formula is C15H25N3O. The van der Waals surface area contributed by atoms with Gasteiger partial charge in [0.05, 0.1) is 5.56 Å². The molecule has 4 heteroatoms. The van der Waals surface area contributed by atoms with Crippen LogP contribution in [0.1, 0.15) is 29.8 Å². The number of carbonyl (C=O) groups excluding carboxylic acids is 1. The van der Waals surface area contributed by atoms with Gasteiger partial charge in [0.25, 0.3) is 5.91 Å². The van der Waals surface area contributed by atoms with Gasteiger partial charge >= 0.3 is 0 Å². The van der Waals surface area contributed by atoms with E-state index in [0.717, 1.165) is 36.4 Å². The number of hydrogen-bond acceptors (Lipinski definition) is 3. The van der Waals surface area contributed by atoms with E-state index in [1.54, 1.807) is 0 Å². The molecule has 106 valence electrons. The number of carbonyl (C=O) groups is 1. The highest BCUT2D eigenvalue weighted by atomic mass is 16.1. The third kappa shape index (κ3) is 4.91. The van der Waals surface area contributed by atoms with Crippen molar-refractivity contribution in [1.82, 2.24) is 10.2 Å². The Balaban J connectivity index is 2.67. The topological polar surface area (TPSA) is 44.4 Å². The highest BCUT2D eigenvalue weighted by Gasteiger charge is 2.10. The van der Waals surface area contributed by atoms with Crippen LogP contribution in [0.2, 0.25) is 0 Å². The zero-order valence-corrected chi connectivity index (χ0v) is 12.4. The third-order valence-electron chi connectivity index (χ3n) is 3.11. The second-order valence-electron chi connectivity index (χ2n) is 4.73. The predicted molar refractivity (Wildman–Crippen MR) is 80.8 cm³/mol. The van der Waals surface area contributed by atoms with E-state index in [9.17, 15) is 4.79 Å². The molecule has 0 aromatic heterocycles. The van der Waals surface area contributed by atoms with Crippen molar-refractivity contribution in [3.8, 4) is 0 Å². The lowest BCUT2D eigenvalue weighted by atomic mass is 10.1. The molecule has 0 aliphatic heterocycles. The number of rotatable bonds is 7. The number of aryl methyl sites for hydroxylation is 1. The number of nitrogens with one attached hydrogen (secondary N) is 2. The molecule has 19 heavy (non-hydrogen) atoms. The van der Waals surface area contributed by atoms with Gasteiger partial charge in [-0.05, 0) is 39.6 Å². The van der Waals surface area contributed by atoms with Gasteiger partial charge in [-0.15, -0.1) is 0 Å². The second kappa shape index (κ2) is 7.79. The lowest BCUT2D eigenvalue weighted by Gasteiger charge is -2.15. The largest absolute Gasteiger partial charge is 0.385 e. The SMILES string of the molecule is CCNc1ccc(C)cc1C(=O)NCCN(C)CC. The molecular weight excluding hydrogens is 238 g/mol. The summed E-state index contributed by atoms with van der Waals surface area (Å²) in [7, 11) is 2.04. The fourth-order valence-corrected chi connectivity index (χ4v) is 1.80. The summed E-state index contributed by atoms with van der Waals surface area (Å²) >= 11 is 0. The summed E-state index contributed by atoms with van der Waals surface area (Å²) in [5.41, 5.74) is 2.72. The van der Waals surface area contributed by atoms with E-state index in [1.807, 2.05) is 39.1 Å². The molecule has 0 aliphatic carbocycles. The van der Waals surface area contributed by atoms with Gasteiger partial charge in [0.15, 0.2) is 0 Å². The van der Waals surface area contributed by atoms with Crippen LogP contribution >= 0.6 is 0 Å². The quantitative estimate of drug-likeness (QED) is 0.792. The van der Waals surface area contributed by atoms with E-state index in [-0.39, 0.29) is 5.91 Å². The van der Waals surface area contributed by atoms with Crippen LogP contribution in [0.15, 0.2) is 18.2 Å². The molecule has 1 rings (SSSR count). The van der Waals surface area contributed by atoms with Crippen molar-refractivity contribution in [1.29, 1.82) is 0 Å². The first-order chi connectivity index (χ1) is 9.08. The molecule has 0 spiro atoms. The maximum atomic E-state index is 12.2. The fourth-order valence-electron chi connectivity index (χ4n) is 1.80. The van der Waals surface area contributed by atoms with Crippen LogP contribution in [-0.4, -0.2) is 44.0 Å². The van der Waals surface area contributed by atoms with E-state index in [4.69, 9.17) is 0 Å². The Morgan fingerprint density at radius 2 is 2.05 bits per heavy atom. The second-order valence-corrected chi connectivity index (χ2v) is 4.73. The monoisotopic (exact) mass is 263 g/mol. The molecule has 0 atom stereocenters. The number of likely N-dealkylation sites (N-methyl/N-ethyl adjacent to an activating group) is 1. The molecule has 1 amide bonds. The van der Waals surface area contributed by atoms with Crippen molar-refractivity contribution in [2.45, 2.75) is 20.8 Å². The molecule has 0 aliphatic rings. The molecule has 0 heterocycles. The van der Waals surface area contributed by atoms with Crippen LogP contribution in [0, 0.1) is 6.92 Å². The van der Waals surface area contributed by atoms with Crippen LogP contribution in [0.3, 0.4) is 0 Å². The summed E-state index contributed by atoms with van der Waals surface area (Å²) in [4.78, 5) is 14.4. The van der Waals surface area contributed by atoms with Gasteiger partial charge in [0, 0.05) is 25.3 Å². The Morgan fingerprint density at radius 3 is 2.68 bits per heavy atom. The summed E-state index contributed by atoms with van der Waals surface area (Å²) in [6, 6.07) is 5.91. The summed E-state index contributed by atoms with van der Waals surface area (Å²) < 4.78 is 0. The van der Waals surface area contributed by atoms with Crippen molar-refractivity contribution in [2.24, 2.45) is 0 Å². The lowest BCUT2D eigenvalue weighted by Crippen LogP contribution is -2.33. The normalized spacial score (nSPS) is 10.6. The predicted octanol–water partition coefficient (Wildman–Crippen LogP) is 2.11. The van der Waals surface area contributed by atoms with E-state index in [2.05, 4.69) is 22.5 Å². The Hall–Kier alpha value is -1.55. The van der Waals surface area contributed by atoms with Crippen LogP contribution in [0.4, 0.5) is 5.69 Å². The molecule has 0 saturated heterocycles. The van der Waals surface area contributed by atoms with Gasteiger partial charge in [-0.25, -0.2) is 0 Å². The molecule has 0 radical (unpaired) electrons. The number of nitrogens with zero attached hydrogens (tertiary/aromatic N) is 1. The molecule has 0 bridgehead atoms. The Kier molecular flexibility index (Phi) is 6.36. The van der Waals surface area contributed by atoms with Crippen LogP contribution < -0.4 is 10.6 Å². The van der Waals surface area contributed by atoms with Gasteiger partial charge in [-0.3, -0.25) is 4.79 Å². The maximum Gasteiger partial charge on any atom is 0.253 e. The average molecular weight is 263 g/mol. The van der Waals surface area contributed by atoms with E-state index in [0.29, 0.717) is 6.54 Å². The standard InChI is InChI=1S/C15H25N3O/c1-5-16-14-8-7-12(3)11-13(14)15(19)17-9-10-18(4)6-2/h7-8,11,16H,5-6,9-10H2,1-4H3,(H,17,19). The van der Waals surface area contributed by atoms with Gasteiger partial charge in [0.1, 0.15) is 0 Å². The van der Waals surface area contributed by atoms with Crippen molar-refractivity contribution >= 4 is 11.6 Å². The van der Waals surface area contributed by atoms with Gasteiger partial charge in [0.2, 0.25) is 0 Å². The minimum absolute atomic E-state index is 0.0100. The zero-order chi connectivity index (χ0) is 14.3. The molecule has 1 aromatic rings. The van der Waals surface area contributed by atoms with Gasteiger partial charge in [-0.1, -0.05) is 18.6 Å². The summed E-state index contributed by atoms with van der Waals surface area (Å²) in [6.07, 6.45) is 0. The third-order valence-corrected chi connectivity index (χ3v) is 3.11. The van der Waals surface area contributed by atoms with E-state index < -0.39 is 0 Å². The van der Waals surface area contributed by atoms with Crippen LogP contribution in [-0.2, 0) is 0 Å². The number of benzene rings is 1. The van der Waals surface area contributed by atoms with Gasteiger partial charge in [-0.2, -0.15) is 0 Å². The van der Waals surface area contributed by atoms with E-state index >= 15 is 0 Å². The molecule has 0 unspecified atom stereocenters. The minimum atomic E-state index is -0.0100. The van der Waals surface area contributed by atoms with Crippen molar-refractivity contribution < 1.29 is 4.79 Å².